The van der Waals surface area contributed by atoms with Gasteiger partial charge in [0.1, 0.15) is 22.3 Å². The van der Waals surface area contributed by atoms with E-state index < -0.39 is 21.9 Å². The van der Waals surface area contributed by atoms with Gasteiger partial charge in [0, 0.05) is 31.7 Å². The molecule has 0 aliphatic carbocycles. The van der Waals surface area contributed by atoms with Crippen molar-refractivity contribution in [2.45, 2.75) is 11.8 Å². The van der Waals surface area contributed by atoms with Crippen LogP contribution >= 0.6 is 0 Å². The largest absolute Gasteiger partial charge is 0.495 e. The lowest BCUT2D eigenvalue weighted by Crippen LogP contribution is -2.35. The van der Waals surface area contributed by atoms with Crippen molar-refractivity contribution in [3.05, 3.63) is 60.3 Å². The van der Waals surface area contributed by atoms with Gasteiger partial charge in [-0.3, -0.25) is 0 Å². The standard InChI is InChI=1S/C19H19FN6O4S/c1-12-9-16(30-3)15(10-14(12)20)26(19(27)21-2)17-6-5-13(11-24-17)31(28,29)25-18-22-7-4-8-23-18/h4-11H,1-3H3,(H,21,27)(H,22,23,25). The van der Waals surface area contributed by atoms with Gasteiger partial charge in [-0.15, -0.1) is 0 Å². The Kier molecular flexibility index (Phi) is 6.30. The summed E-state index contributed by atoms with van der Waals surface area (Å²) in [5.74, 6) is -0.353. The third-order valence-corrected chi connectivity index (χ3v) is 5.48. The van der Waals surface area contributed by atoms with E-state index in [1.165, 1.54) is 44.8 Å². The van der Waals surface area contributed by atoms with Gasteiger partial charge < -0.3 is 10.1 Å². The molecule has 2 N–H and O–H groups in total. The summed E-state index contributed by atoms with van der Waals surface area (Å²) in [5.41, 5.74) is 0.435. The van der Waals surface area contributed by atoms with Crippen molar-refractivity contribution in [1.82, 2.24) is 20.3 Å². The van der Waals surface area contributed by atoms with Crippen LogP contribution in [0.2, 0.25) is 0 Å². The molecular formula is C19H19FN6O4S. The number of urea groups is 1. The van der Waals surface area contributed by atoms with E-state index in [1.54, 1.807) is 13.0 Å². The molecule has 31 heavy (non-hydrogen) atoms. The van der Waals surface area contributed by atoms with Crippen molar-refractivity contribution in [2.24, 2.45) is 0 Å². The fourth-order valence-electron chi connectivity index (χ4n) is 2.63. The Labute approximate surface area is 178 Å². The summed E-state index contributed by atoms with van der Waals surface area (Å²) in [4.78, 5) is 25.2. The van der Waals surface area contributed by atoms with Gasteiger partial charge >= 0.3 is 6.03 Å². The van der Waals surface area contributed by atoms with Crippen LogP contribution in [0, 0.1) is 12.7 Å². The first kappa shape index (κ1) is 21.9. The van der Waals surface area contributed by atoms with Gasteiger partial charge in [0.25, 0.3) is 10.0 Å². The SMILES string of the molecule is CNC(=O)N(c1ccc(S(=O)(=O)Nc2ncccn2)cn1)c1cc(F)c(C)cc1OC. The van der Waals surface area contributed by atoms with E-state index >= 15 is 0 Å². The average molecular weight is 446 g/mol. The van der Waals surface area contributed by atoms with Gasteiger partial charge in [-0.1, -0.05) is 0 Å². The van der Waals surface area contributed by atoms with Gasteiger partial charge in [0.15, 0.2) is 0 Å². The molecule has 0 bridgehead atoms. The first-order valence-electron chi connectivity index (χ1n) is 8.88. The van der Waals surface area contributed by atoms with Crippen LogP contribution in [0.25, 0.3) is 0 Å². The average Bonchev–Trinajstić information content (AvgIpc) is 2.76. The van der Waals surface area contributed by atoms with Crippen molar-refractivity contribution in [3.63, 3.8) is 0 Å². The van der Waals surface area contributed by atoms with Crippen LogP contribution in [-0.2, 0) is 10.0 Å². The van der Waals surface area contributed by atoms with Crippen molar-refractivity contribution in [2.75, 3.05) is 23.8 Å². The number of hydrogen-bond donors (Lipinski definition) is 2. The Hall–Kier alpha value is -3.80. The number of anilines is 3. The van der Waals surface area contributed by atoms with Crippen LogP contribution in [0.5, 0.6) is 5.75 Å². The van der Waals surface area contributed by atoms with E-state index in [9.17, 15) is 17.6 Å². The molecule has 0 aliphatic heterocycles. The maximum Gasteiger partial charge on any atom is 0.327 e. The highest BCUT2D eigenvalue weighted by atomic mass is 32.2. The smallest absolute Gasteiger partial charge is 0.327 e. The number of amides is 2. The van der Waals surface area contributed by atoms with E-state index in [-0.39, 0.29) is 28.1 Å². The van der Waals surface area contributed by atoms with Crippen LogP contribution in [-0.4, -0.2) is 43.6 Å². The number of halogens is 1. The number of hydrogen-bond acceptors (Lipinski definition) is 7. The first-order chi connectivity index (χ1) is 14.8. The zero-order valence-corrected chi connectivity index (χ0v) is 17.6. The topological polar surface area (TPSA) is 126 Å². The van der Waals surface area contributed by atoms with Crippen molar-refractivity contribution in [3.8, 4) is 5.75 Å². The summed E-state index contributed by atoms with van der Waals surface area (Å²) in [5, 5.41) is 2.45. The molecule has 0 atom stereocenters. The van der Waals surface area contributed by atoms with Crippen LogP contribution in [0.3, 0.4) is 0 Å². The molecule has 2 aromatic heterocycles. The molecule has 12 heteroatoms. The molecule has 1 aromatic carbocycles. The van der Waals surface area contributed by atoms with Crippen LogP contribution in [0.4, 0.5) is 26.6 Å². The molecule has 0 radical (unpaired) electrons. The molecule has 0 saturated carbocycles. The zero-order chi connectivity index (χ0) is 22.6. The highest BCUT2D eigenvalue weighted by Gasteiger charge is 2.24. The first-order valence-corrected chi connectivity index (χ1v) is 10.4. The third-order valence-electron chi connectivity index (χ3n) is 4.17. The number of ether oxygens (including phenoxy) is 1. The zero-order valence-electron chi connectivity index (χ0n) is 16.8. The Morgan fingerprint density at radius 1 is 1.16 bits per heavy atom. The predicted molar refractivity (Wildman–Crippen MR) is 111 cm³/mol. The van der Waals surface area contributed by atoms with E-state index in [1.807, 2.05) is 0 Å². The molecule has 2 amide bonds. The molecule has 0 unspecified atom stereocenters. The number of pyridine rings is 1. The van der Waals surface area contributed by atoms with Gasteiger partial charge in [0.05, 0.1) is 12.8 Å². The molecule has 0 fully saturated rings. The minimum absolute atomic E-state index is 0.0517. The molecule has 3 aromatic rings. The molecular weight excluding hydrogens is 427 g/mol. The lowest BCUT2D eigenvalue weighted by Gasteiger charge is -2.24. The fourth-order valence-corrected chi connectivity index (χ4v) is 3.53. The second-order valence-corrected chi connectivity index (χ2v) is 7.88. The molecule has 3 rings (SSSR count). The van der Waals surface area contributed by atoms with Gasteiger partial charge in [0.2, 0.25) is 5.95 Å². The van der Waals surface area contributed by atoms with E-state index in [4.69, 9.17) is 4.74 Å². The second-order valence-electron chi connectivity index (χ2n) is 6.19. The van der Waals surface area contributed by atoms with Crippen molar-refractivity contribution in [1.29, 1.82) is 0 Å². The highest BCUT2D eigenvalue weighted by Crippen LogP contribution is 2.35. The molecule has 0 spiro atoms. The Balaban J connectivity index is 2.00. The summed E-state index contributed by atoms with van der Waals surface area (Å²) < 4.78 is 46.8. The summed E-state index contributed by atoms with van der Waals surface area (Å²) in [6.45, 7) is 1.56. The van der Waals surface area contributed by atoms with Crippen molar-refractivity contribution >= 4 is 33.5 Å². The molecule has 0 aliphatic rings. The van der Waals surface area contributed by atoms with E-state index in [2.05, 4.69) is 25.0 Å². The monoisotopic (exact) mass is 446 g/mol. The van der Waals surface area contributed by atoms with Crippen LogP contribution in [0.1, 0.15) is 5.56 Å². The van der Waals surface area contributed by atoms with Crippen molar-refractivity contribution < 1.29 is 22.3 Å². The van der Waals surface area contributed by atoms with Gasteiger partial charge in [-0.05, 0) is 36.8 Å². The predicted octanol–water partition coefficient (Wildman–Crippen LogP) is 2.61. The van der Waals surface area contributed by atoms with Gasteiger partial charge in [-0.2, -0.15) is 0 Å². The third kappa shape index (κ3) is 4.69. The van der Waals surface area contributed by atoms with E-state index in [0.29, 0.717) is 5.56 Å². The number of methoxy groups -OCH3 is 1. The maximum atomic E-state index is 14.2. The fraction of sp³-hybridized carbons (Fsp3) is 0.158. The second kappa shape index (κ2) is 8.92. The normalized spacial score (nSPS) is 11.0. The summed E-state index contributed by atoms with van der Waals surface area (Å²) in [6, 6.07) is 6.07. The number of rotatable bonds is 6. The minimum atomic E-state index is -4.01. The van der Waals surface area contributed by atoms with Crippen LogP contribution < -0.4 is 19.7 Å². The Morgan fingerprint density at radius 3 is 2.45 bits per heavy atom. The number of aromatic nitrogens is 3. The van der Waals surface area contributed by atoms with Crippen LogP contribution in [0.15, 0.2) is 53.8 Å². The lowest BCUT2D eigenvalue weighted by atomic mass is 10.1. The molecule has 162 valence electrons. The number of aryl methyl sites for hydroxylation is 1. The summed E-state index contributed by atoms with van der Waals surface area (Å²) >= 11 is 0. The molecule has 10 nitrogen and oxygen atoms in total. The number of carbonyl (C=O) groups excluding carboxylic acids is 1. The summed E-state index contributed by atoms with van der Waals surface area (Å²) in [7, 11) is -1.23. The molecule has 2 heterocycles. The van der Waals surface area contributed by atoms with E-state index in [0.717, 1.165) is 17.2 Å². The number of sulfonamides is 1. The summed E-state index contributed by atoms with van der Waals surface area (Å²) in [6.07, 6.45) is 3.84. The quantitative estimate of drug-likeness (QED) is 0.596. The minimum Gasteiger partial charge on any atom is -0.495 e. The number of carbonyl (C=O) groups is 1. The lowest BCUT2D eigenvalue weighted by molar-refractivity contribution is 0.250. The number of benzene rings is 1. The number of nitrogens with zero attached hydrogens (tertiary/aromatic N) is 4. The Morgan fingerprint density at radius 2 is 1.87 bits per heavy atom. The maximum absolute atomic E-state index is 14.2. The Bertz CT molecular complexity index is 1190. The van der Waals surface area contributed by atoms with Gasteiger partial charge in [-0.25, -0.2) is 42.2 Å². The highest BCUT2D eigenvalue weighted by molar-refractivity contribution is 7.92. The number of nitrogens with one attached hydrogen (secondary N) is 2. The molecule has 0 saturated heterocycles.